The second kappa shape index (κ2) is 9.28. The van der Waals surface area contributed by atoms with Crippen LogP contribution in [0.5, 0.6) is 11.5 Å². The number of nitriles is 1. The smallest absolute Gasteiger partial charge is 0.263 e. The average Bonchev–Trinajstić information content (AvgIpc) is 3.00. The van der Waals surface area contributed by atoms with Crippen molar-refractivity contribution in [3.8, 4) is 17.6 Å². The molecule has 1 unspecified atom stereocenters. The lowest BCUT2D eigenvalue weighted by molar-refractivity contribution is -0.117. The average molecular weight is 393 g/mol. The van der Waals surface area contributed by atoms with Gasteiger partial charge in [-0.25, -0.2) is 8.42 Å². The van der Waals surface area contributed by atoms with Crippen LogP contribution in [0.2, 0.25) is 0 Å². The minimum Gasteiger partial charge on any atom is -0.493 e. The minimum absolute atomic E-state index is 0.0170. The molecule has 0 saturated carbocycles. The van der Waals surface area contributed by atoms with Gasteiger partial charge in [-0.05, 0) is 30.5 Å². The maximum Gasteiger partial charge on any atom is 0.263 e. The summed E-state index contributed by atoms with van der Waals surface area (Å²) < 4.78 is 33.3. The predicted octanol–water partition coefficient (Wildman–Crippen LogP) is 0.547. The molecule has 0 aliphatic carbocycles. The molecule has 0 bridgehead atoms. The Kier molecular flexibility index (Phi) is 7.07. The summed E-state index contributed by atoms with van der Waals surface area (Å²) in [6, 6.07) is 7.05. The van der Waals surface area contributed by atoms with Crippen LogP contribution in [0.3, 0.4) is 0 Å². The van der Waals surface area contributed by atoms with Crippen LogP contribution in [0.1, 0.15) is 12.0 Å². The van der Waals surface area contributed by atoms with Crippen molar-refractivity contribution in [2.45, 2.75) is 18.9 Å². The van der Waals surface area contributed by atoms with Gasteiger partial charge in [0.05, 0.1) is 25.7 Å². The molecule has 2 rings (SSSR count). The number of hydrogen-bond acceptors (Lipinski definition) is 7. The number of nitrogens with zero attached hydrogens (tertiary/aromatic N) is 1. The van der Waals surface area contributed by atoms with E-state index in [1.54, 1.807) is 20.3 Å². The van der Waals surface area contributed by atoms with E-state index < -0.39 is 15.7 Å². The van der Waals surface area contributed by atoms with Crippen molar-refractivity contribution in [1.82, 2.24) is 10.6 Å². The molecule has 1 aromatic rings. The Bertz CT molecular complexity index is 858. The van der Waals surface area contributed by atoms with Gasteiger partial charge in [0.2, 0.25) is 0 Å². The third-order valence-electron chi connectivity index (χ3n) is 4.21. The van der Waals surface area contributed by atoms with Gasteiger partial charge in [-0.1, -0.05) is 6.07 Å². The minimum atomic E-state index is -3.02. The summed E-state index contributed by atoms with van der Waals surface area (Å²) >= 11 is 0. The number of methoxy groups -OCH3 is 2. The molecular formula is C18H23N3O5S. The highest BCUT2D eigenvalue weighted by atomic mass is 32.2. The van der Waals surface area contributed by atoms with Crippen molar-refractivity contribution in [3.05, 3.63) is 35.5 Å². The maximum absolute atomic E-state index is 12.1. The van der Waals surface area contributed by atoms with Crippen molar-refractivity contribution in [1.29, 1.82) is 5.26 Å². The first-order valence-electron chi connectivity index (χ1n) is 8.44. The van der Waals surface area contributed by atoms with Crippen molar-refractivity contribution in [2.75, 3.05) is 32.3 Å². The topological polar surface area (TPSA) is 118 Å². The Morgan fingerprint density at radius 3 is 2.67 bits per heavy atom. The summed E-state index contributed by atoms with van der Waals surface area (Å²) in [4.78, 5) is 12.1. The van der Waals surface area contributed by atoms with Gasteiger partial charge in [-0.15, -0.1) is 0 Å². The molecule has 1 saturated heterocycles. The van der Waals surface area contributed by atoms with E-state index in [1.807, 2.05) is 18.2 Å². The predicted molar refractivity (Wildman–Crippen MR) is 100 cm³/mol. The number of sulfone groups is 1. The van der Waals surface area contributed by atoms with Crippen molar-refractivity contribution < 1.29 is 22.7 Å². The van der Waals surface area contributed by atoms with E-state index in [9.17, 15) is 13.2 Å². The number of carbonyl (C=O) groups is 1. The zero-order valence-corrected chi connectivity index (χ0v) is 16.1. The van der Waals surface area contributed by atoms with Crippen LogP contribution in [0.25, 0.3) is 0 Å². The molecule has 146 valence electrons. The van der Waals surface area contributed by atoms with Gasteiger partial charge in [-0.3, -0.25) is 4.79 Å². The Labute approximate surface area is 159 Å². The van der Waals surface area contributed by atoms with Gasteiger partial charge < -0.3 is 20.1 Å². The summed E-state index contributed by atoms with van der Waals surface area (Å²) in [6.07, 6.45) is 2.31. The second-order valence-corrected chi connectivity index (χ2v) is 8.36. The van der Waals surface area contributed by atoms with Crippen LogP contribution in [-0.2, 0) is 21.1 Å². The van der Waals surface area contributed by atoms with Gasteiger partial charge in [-0.2, -0.15) is 5.26 Å². The van der Waals surface area contributed by atoms with Crippen LogP contribution in [0.4, 0.5) is 0 Å². The first-order valence-corrected chi connectivity index (χ1v) is 10.3. The van der Waals surface area contributed by atoms with E-state index in [0.29, 0.717) is 30.9 Å². The van der Waals surface area contributed by atoms with Crippen molar-refractivity contribution in [3.63, 3.8) is 0 Å². The Balaban J connectivity index is 1.86. The number of hydrogen-bond donors (Lipinski definition) is 2. The molecule has 1 fully saturated rings. The molecule has 2 N–H and O–H groups in total. The van der Waals surface area contributed by atoms with Crippen LogP contribution in [-0.4, -0.2) is 52.6 Å². The summed E-state index contributed by atoms with van der Waals surface area (Å²) in [5.41, 5.74) is 0.858. The molecule has 0 radical (unpaired) electrons. The first-order chi connectivity index (χ1) is 12.9. The Morgan fingerprint density at radius 2 is 2.07 bits per heavy atom. The largest absolute Gasteiger partial charge is 0.493 e. The molecule has 1 aromatic carbocycles. The maximum atomic E-state index is 12.1. The molecule has 1 aliphatic heterocycles. The summed E-state index contributed by atoms with van der Waals surface area (Å²) in [6.45, 7) is 0.338. The van der Waals surface area contributed by atoms with E-state index in [-0.39, 0.29) is 23.1 Å². The fraction of sp³-hybridized carbons (Fsp3) is 0.444. The zero-order chi connectivity index (χ0) is 19.9. The molecule has 27 heavy (non-hydrogen) atoms. The first kappa shape index (κ1) is 20.6. The van der Waals surface area contributed by atoms with Gasteiger partial charge in [0, 0.05) is 18.8 Å². The van der Waals surface area contributed by atoms with E-state index in [1.165, 1.54) is 6.20 Å². The van der Waals surface area contributed by atoms with Crippen molar-refractivity contribution in [2.24, 2.45) is 0 Å². The van der Waals surface area contributed by atoms with E-state index in [2.05, 4.69) is 10.6 Å². The third kappa shape index (κ3) is 5.89. The SMILES string of the molecule is COc1ccc(CCNC(=O)/C(C#N)=C\NC2CCS(=O)(=O)C2)cc1OC. The number of benzene rings is 1. The van der Waals surface area contributed by atoms with Crippen molar-refractivity contribution >= 4 is 15.7 Å². The van der Waals surface area contributed by atoms with E-state index in [4.69, 9.17) is 14.7 Å². The molecule has 1 atom stereocenters. The molecular weight excluding hydrogens is 370 g/mol. The van der Waals surface area contributed by atoms with Gasteiger partial charge >= 0.3 is 0 Å². The summed E-state index contributed by atoms with van der Waals surface area (Å²) in [7, 11) is 0.0892. The summed E-state index contributed by atoms with van der Waals surface area (Å²) in [5, 5.41) is 14.7. The molecule has 8 nitrogen and oxygen atoms in total. The van der Waals surface area contributed by atoms with Gasteiger partial charge in [0.1, 0.15) is 11.6 Å². The summed E-state index contributed by atoms with van der Waals surface area (Å²) in [5.74, 6) is 0.863. The number of amides is 1. The Morgan fingerprint density at radius 1 is 1.33 bits per heavy atom. The standard InChI is InChI=1S/C18H23N3O5S/c1-25-16-4-3-13(9-17(16)26-2)5-7-20-18(22)14(10-19)11-21-15-6-8-27(23,24)12-15/h3-4,9,11,15,21H,5-8,12H2,1-2H3,(H,20,22)/b14-11-. The van der Waals surface area contributed by atoms with Crippen LogP contribution in [0.15, 0.2) is 30.0 Å². The fourth-order valence-electron chi connectivity index (χ4n) is 2.73. The third-order valence-corrected chi connectivity index (χ3v) is 5.98. The highest BCUT2D eigenvalue weighted by Gasteiger charge is 2.27. The Hall–Kier alpha value is -2.73. The lowest BCUT2D eigenvalue weighted by Gasteiger charge is -2.10. The zero-order valence-electron chi connectivity index (χ0n) is 15.3. The molecule has 9 heteroatoms. The molecule has 1 heterocycles. The monoisotopic (exact) mass is 393 g/mol. The van der Waals surface area contributed by atoms with Gasteiger partial charge in [0.15, 0.2) is 21.3 Å². The fourth-order valence-corrected chi connectivity index (χ4v) is 4.41. The van der Waals surface area contributed by atoms with E-state index in [0.717, 1.165) is 5.56 Å². The van der Waals surface area contributed by atoms with Gasteiger partial charge in [0.25, 0.3) is 5.91 Å². The number of carbonyl (C=O) groups excluding carboxylic acids is 1. The normalized spacial score (nSPS) is 18.4. The molecule has 1 amide bonds. The highest BCUT2D eigenvalue weighted by Crippen LogP contribution is 2.27. The van der Waals surface area contributed by atoms with Crippen LogP contribution in [0, 0.1) is 11.3 Å². The van der Waals surface area contributed by atoms with E-state index >= 15 is 0 Å². The lowest BCUT2D eigenvalue weighted by atomic mass is 10.1. The highest BCUT2D eigenvalue weighted by molar-refractivity contribution is 7.91. The number of rotatable bonds is 8. The second-order valence-electron chi connectivity index (χ2n) is 6.13. The number of nitrogens with one attached hydrogen (secondary N) is 2. The quantitative estimate of drug-likeness (QED) is 0.489. The molecule has 1 aliphatic rings. The lowest BCUT2D eigenvalue weighted by Crippen LogP contribution is -2.30. The number of ether oxygens (including phenoxy) is 2. The molecule has 0 aromatic heterocycles. The molecule has 0 spiro atoms. The van der Waals surface area contributed by atoms with Crippen LogP contribution < -0.4 is 20.1 Å². The van der Waals surface area contributed by atoms with Crippen LogP contribution >= 0.6 is 0 Å².